The van der Waals surface area contributed by atoms with Crippen LogP contribution in [-0.2, 0) is 14.0 Å². The monoisotopic (exact) mass is 338 g/mol. The zero-order chi connectivity index (χ0) is 18.3. The molecule has 0 aromatic carbocycles. The van der Waals surface area contributed by atoms with Crippen molar-refractivity contribution in [2.75, 3.05) is 5.32 Å². The molecular weight excluding hydrogens is 314 g/mol. The van der Waals surface area contributed by atoms with Crippen molar-refractivity contribution in [1.29, 1.82) is 0 Å². The molecule has 1 aliphatic rings. The fraction of sp³-hybridized carbons (Fsp3) is 0.625. The van der Waals surface area contributed by atoms with Gasteiger partial charge in [0.1, 0.15) is 5.60 Å². The van der Waals surface area contributed by atoms with E-state index in [0.717, 1.165) is 0 Å². The van der Waals surface area contributed by atoms with Gasteiger partial charge in [-0.3, -0.25) is 5.32 Å². The normalized spacial score (nSPS) is 19.2. The van der Waals surface area contributed by atoms with Gasteiger partial charge in [-0.2, -0.15) is 4.39 Å². The lowest BCUT2D eigenvalue weighted by Crippen LogP contribution is -2.41. The zero-order valence-electron chi connectivity index (χ0n) is 15.2. The Hall–Kier alpha value is -1.67. The zero-order valence-corrected chi connectivity index (χ0v) is 15.2. The molecule has 1 fully saturated rings. The molecule has 0 saturated carbocycles. The Balaban J connectivity index is 2.12. The fourth-order valence-electron chi connectivity index (χ4n) is 2.05. The molecule has 1 aromatic rings. The third-order valence-electron chi connectivity index (χ3n) is 4.00. The molecule has 0 atom stereocenters. The van der Waals surface area contributed by atoms with Gasteiger partial charge in [-0.1, -0.05) is 0 Å². The third-order valence-corrected chi connectivity index (χ3v) is 4.00. The maximum Gasteiger partial charge on any atom is 0.514 e. The minimum Gasteiger partial charge on any atom is -0.444 e. The quantitative estimate of drug-likeness (QED) is 0.663. The number of amides is 1. The smallest absolute Gasteiger partial charge is 0.444 e. The molecule has 1 N–H and O–H groups in total. The first-order valence-corrected chi connectivity index (χ1v) is 7.83. The van der Waals surface area contributed by atoms with Crippen LogP contribution in [0, 0.1) is 5.95 Å². The van der Waals surface area contributed by atoms with Gasteiger partial charge in [0.2, 0.25) is 5.95 Å². The van der Waals surface area contributed by atoms with Crippen molar-refractivity contribution in [3.63, 3.8) is 0 Å². The second kappa shape index (κ2) is 6.00. The lowest BCUT2D eigenvalue weighted by molar-refractivity contribution is 0.00578. The van der Waals surface area contributed by atoms with E-state index in [9.17, 15) is 9.18 Å². The number of aromatic nitrogens is 1. The van der Waals surface area contributed by atoms with E-state index >= 15 is 0 Å². The number of carbonyl (C=O) groups is 1. The van der Waals surface area contributed by atoms with Crippen molar-refractivity contribution in [2.24, 2.45) is 0 Å². The average Bonchev–Trinajstić information content (AvgIpc) is 2.58. The average molecular weight is 338 g/mol. The first kappa shape index (κ1) is 18.7. The van der Waals surface area contributed by atoms with Crippen LogP contribution in [0.5, 0.6) is 0 Å². The molecule has 8 heteroatoms. The number of pyridine rings is 1. The number of halogens is 1. The molecule has 1 amide bonds. The van der Waals surface area contributed by atoms with Gasteiger partial charge in [-0.15, -0.1) is 0 Å². The molecule has 1 aliphatic heterocycles. The van der Waals surface area contributed by atoms with Crippen LogP contribution in [0.1, 0.15) is 48.5 Å². The number of hydrogen-bond donors (Lipinski definition) is 1. The molecule has 0 aliphatic carbocycles. The minimum absolute atomic E-state index is 0.0653. The first-order valence-electron chi connectivity index (χ1n) is 7.83. The summed E-state index contributed by atoms with van der Waals surface area (Å²) in [5.41, 5.74) is -1.51. The van der Waals surface area contributed by atoms with Crippen molar-refractivity contribution in [1.82, 2.24) is 4.98 Å². The number of nitrogens with zero attached hydrogens (tertiary/aromatic N) is 1. The fourth-order valence-corrected chi connectivity index (χ4v) is 2.05. The molecule has 1 aromatic heterocycles. The number of ether oxygens (including phenoxy) is 1. The number of hydrogen-bond acceptors (Lipinski definition) is 5. The van der Waals surface area contributed by atoms with Crippen molar-refractivity contribution < 1.29 is 23.2 Å². The van der Waals surface area contributed by atoms with Crippen LogP contribution in [0.2, 0.25) is 0 Å². The van der Waals surface area contributed by atoms with Crippen LogP contribution in [0.15, 0.2) is 12.1 Å². The second-order valence-corrected chi connectivity index (χ2v) is 7.79. The number of carbonyl (C=O) groups excluding carboxylic acids is 1. The Labute approximate surface area is 142 Å². The summed E-state index contributed by atoms with van der Waals surface area (Å²) in [4.78, 5) is 15.6. The van der Waals surface area contributed by atoms with Crippen molar-refractivity contribution >= 4 is 24.5 Å². The van der Waals surface area contributed by atoms with Gasteiger partial charge in [0, 0.05) is 0 Å². The lowest BCUT2D eigenvalue weighted by atomic mass is 9.84. The summed E-state index contributed by atoms with van der Waals surface area (Å²) in [6, 6.07) is 2.96. The molecule has 0 unspecified atom stereocenters. The van der Waals surface area contributed by atoms with Gasteiger partial charge in [0.05, 0.1) is 22.5 Å². The number of rotatable bonds is 2. The summed E-state index contributed by atoms with van der Waals surface area (Å²) in [5.74, 6) is -0.826. The first-order chi connectivity index (χ1) is 10.8. The Morgan fingerprint density at radius 3 is 2.21 bits per heavy atom. The van der Waals surface area contributed by atoms with Gasteiger partial charge in [-0.05, 0) is 60.6 Å². The maximum absolute atomic E-state index is 14.2. The standard InChI is InChI=1S/C16H24BFN2O4/c1-14(2,3)22-13(21)19-10-8-9-11(20-12(10)18)17-23-15(4,5)16(6,7)24-17/h8-9H,1-7H3,(H,19,21). The number of nitrogens with one attached hydrogen (secondary N) is 1. The van der Waals surface area contributed by atoms with E-state index in [-0.39, 0.29) is 5.69 Å². The van der Waals surface area contributed by atoms with Crippen LogP contribution in [0.25, 0.3) is 0 Å². The van der Waals surface area contributed by atoms with Crippen LogP contribution in [-0.4, -0.2) is 35.0 Å². The van der Waals surface area contributed by atoms with E-state index in [1.54, 1.807) is 26.8 Å². The summed E-state index contributed by atoms with van der Waals surface area (Å²) in [6.45, 7) is 12.8. The molecule has 0 bridgehead atoms. The van der Waals surface area contributed by atoms with Crippen LogP contribution < -0.4 is 10.9 Å². The highest BCUT2D eigenvalue weighted by atomic mass is 19.1. The van der Waals surface area contributed by atoms with Crippen molar-refractivity contribution in [3.05, 3.63) is 18.1 Å². The molecule has 2 heterocycles. The van der Waals surface area contributed by atoms with Gasteiger partial charge in [0.15, 0.2) is 0 Å². The van der Waals surface area contributed by atoms with E-state index in [1.165, 1.54) is 6.07 Å². The summed E-state index contributed by atoms with van der Waals surface area (Å²) in [5, 5.41) is 2.34. The van der Waals surface area contributed by atoms with E-state index in [1.807, 2.05) is 27.7 Å². The van der Waals surface area contributed by atoms with Crippen molar-refractivity contribution in [3.8, 4) is 0 Å². The summed E-state index contributed by atoms with van der Waals surface area (Å²) >= 11 is 0. The molecule has 132 valence electrons. The van der Waals surface area contributed by atoms with Gasteiger partial charge in [-0.25, -0.2) is 9.78 Å². The topological polar surface area (TPSA) is 69.7 Å². The Kier molecular flexibility index (Phi) is 4.67. The highest BCUT2D eigenvalue weighted by Crippen LogP contribution is 2.36. The molecule has 6 nitrogen and oxygen atoms in total. The van der Waals surface area contributed by atoms with E-state index < -0.39 is 36.0 Å². The van der Waals surface area contributed by atoms with E-state index in [4.69, 9.17) is 14.0 Å². The van der Waals surface area contributed by atoms with E-state index in [2.05, 4.69) is 10.3 Å². The molecule has 2 rings (SSSR count). The highest BCUT2D eigenvalue weighted by molar-refractivity contribution is 6.61. The van der Waals surface area contributed by atoms with Crippen molar-refractivity contribution in [2.45, 2.75) is 65.3 Å². The summed E-state index contributed by atoms with van der Waals surface area (Å²) in [7, 11) is -0.764. The summed E-state index contributed by atoms with van der Waals surface area (Å²) in [6.07, 6.45) is -0.744. The Morgan fingerprint density at radius 2 is 1.75 bits per heavy atom. The number of anilines is 1. The molecular formula is C16H24BFN2O4. The molecule has 1 saturated heterocycles. The second-order valence-electron chi connectivity index (χ2n) is 7.79. The molecule has 0 spiro atoms. The summed E-state index contributed by atoms with van der Waals surface area (Å²) < 4.78 is 30.9. The van der Waals surface area contributed by atoms with E-state index in [0.29, 0.717) is 5.59 Å². The largest absolute Gasteiger partial charge is 0.514 e. The predicted octanol–water partition coefficient (Wildman–Crippen LogP) is 2.87. The maximum atomic E-state index is 14.2. The predicted molar refractivity (Wildman–Crippen MR) is 89.8 cm³/mol. The highest BCUT2D eigenvalue weighted by Gasteiger charge is 2.52. The molecule has 0 radical (unpaired) electrons. The minimum atomic E-state index is -0.826. The van der Waals surface area contributed by atoms with Gasteiger partial charge in [0.25, 0.3) is 0 Å². The van der Waals surface area contributed by atoms with Crippen LogP contribution in [0.3, 0.4) is 0 Å². The van der Waals surface area contributed by atoms with Gasteiger partial charge >= 0.3 is 13.2 Å². The van der Waals surface area contributed by atoms with Gasteiger partial charge < -0.3 is 14.0 Å². The Bertz CT molecular complexity index is 627. The third kappa shape index (κ3) is 4.05. The molecule has 24 heavy (non-hydrogen) atoms. The Morgan fingerprint density at radius 1 is 1.21 bits per heavy atom. The van der Waals surface area contributed by atoms with Crippen LogP contribution in [0.4, 0.5) is 14.9 Å². The lowest BCUT2D eigenvalue weighted by Gasteiger charge is -2.32. The SMILES string of the molecule is CC(C)(C)OC(=O)Nc1ccc(B2OC(C)(C)C(C)(C)O2)nc1F. The van der Waals surface area contributed by atoms with Crippen LogP contribution >= 0.6 is 0 Å².